The Hall–Kier alpha value is -1.89. The van der Waals surface area contributed by atoms with Crippen LogP contribution in [0.25, 0.3) is 0 Å². The van der Waals surface area contributed by atoms with Crippen molar-refractivity contribution in [2.24, 2.45) is 7.05 Å². The molecule has 1 aliphatic rings. The molecule has 1 aromatic heterocycles. The van der Waals surface area contributed by atoms with Gasteiger partial charge in [0.2, 0.25) is 0 Å². The molecule has 98 valence electrons. The van der Waals surface area contributed by atoms with Crippen LogP contribution in [-0.4, -0.2) is 46.0 Å². The van der Waals surface area contributed by atoms with E-state index in [1.54, 1.807) is 0 Å². The Morgan fingerprint density at radius 3 is 3.06 bits per heavy atom. The number of ether oxygens (including phenoxy) is 1. The lowest BCUT2D eigenvalue weighted by atomic mass is 10.2. The molecule has 1 atom stereocenters. The Labute approximate surface area is 104 Å². The zero-order valence-electron chi connectivity index (χ0n) is 10.0. The first kappa shape index (κ1) is 12.6. The molecule has 7 nitrogen and oxygen atoms in total. The maximum Gasteiger partial charge on any atom is 0.339 e. The van der Waals surface area contributed by atoms with Crippen molar-refractivity contribution in [2.75, 3.05) is 13.2 Å². The molecule has 0 aromatic carbocycles. The van der Waals surface area contributed by atoms with Gasteiger partial charge in [-0.25, -0.2) is 4.79 Å². The number of carboxylic acid groups (broad SMARTS) is 1. The van der Waals surface area contributed by atoms with Crippen LogP contribution in [0.5, 0.6) is 0 Å². The molecule has 2 rings (SSSR count). The summed E-state index contributed by atoms with van der Waals surface area (Å²) in [6.45, 7) is 1.11. The molecule has 2 heterocycles. The number of carbonyl (C=O) groups is 2. The number of rotatable bonds is 4. The normalized spacial score (nSPS) is 18.8. The van der Waals surface area contributed by atoms with Gasteiger partial charge in [-0.3, -0.25) is 9.48 Å². The highest BCUT2D eigenvalue weighted by Crippen LogP contribution is 2.12. The van der Waals surface area contributed by atoms with Gasteiger partial charge >= 0.3 is 5.97 Å². The second-order valence-corrected chi connectivity index (χ2v) is 4.18. The summed E-state index contributed by atoms with van der Waals surface area (Å²) >= 11 is 0. The minimum absolute atomic E-state index is 0.0236. The standard InChI is InChI=1S/C11H15N3O4/c1-14-9(8(6-13-14)11(16)17)10(15)12-5-7-3-2-4-18-7/h6-7H,2-5H2,1H3,(H,12,15)(H,16,17)/t7-/m0/s1. The molecule has 1 saturated heterocycles. The van der Waals surface area contributed by atoms with Gasteiger partial charge in [0.05, 0.1) is 12.3 Å². The zero-order valence-corrected chi connectivity index (χ0v) is 10.0. The monoisotopic (exact) mass is 253 g/mol. The molecule has 18 heavy (non-hydrogen) atoms. The smallest absolute Gasteiger partial charge is 0.339 e. The average molecular weight is 253 g/mol. The molecule has 2 N–H and O–H groups in total. The van der Waals surface area contributed by atoms with Crippen LogP contribution in [-0.2, 0) is 11.8 Å². The van der Waals surface area contributed by atoms with Crippen LogP contribution in [0.2, 0.25) is 0 Å². The third-order valence-electron chi connectivity index (χ3n) is 2.90. The Bertz CT molecular complexity index is 463. The zero-order chi connectivity index (χ0) is 13.1. The summed E-state index contributed by atoms with van der Waals surface area (Å²) in [5, 5.41) is 15.4. The number of hydrogen-bond donors (Lipinski definition) is 2. The molecule has 1 aromatic rings. The number of aryl methyl sites for hydroxylation is 1. The van der Waals surface area contributed by atoms with Crippen molar-refractivity contribution in [3.8, 4) is 0 Å². The van der Waals surface area contributed by atoms with Crippen molar-refractivity contribution in [2.45, 2.75) is 18.9 Å². The molecule has 1 amide bonds. The average Bonchev–Trinajstić information content (AvgIpc) is 2.94. The van der Waals surface area contributed by atoms with Gasteiger partial charge in [-0.15, -0.1) is 0 Å². The van der Waals surface area contributed by atoms with E-state index in [1.807, 2.05) is 0 Å². The molecule has 7 heteroatoms. The topological polar surface area (TPSA) is 93.5 Å². The quantitative estimate of drug-likeness (QED) is 0.789. The van der Waals surface area contributed by atoms with Crippen LogP contribution in [0.4, 0.5) is 0 Å². The highest BCUT2D eigenvalue weighted by atomic mass is 16.5. The largest absolute Gasteiger partial charge is 0.478 e. The van der Waals surface area contributed by atoms with Gasteiger partial charge in [-0.2, -0.15) is 5.10 Å². The second-order valence-electron chi connectivity index (χ2n) is 4.18. The van der Waals surface area contributed by atoms with Crippen molar-refractivity contribution < 1.29 is 19.4 Å². The van der Waals surface area contributed by atoms with Crippen molar-refractivity contribution >= 4 is 11.9 Å². The number of carbonyl (C=O) groups excluding carboxylic acids is 1. The predicted molar refractivity (Wildman–Crippen MR) is 61.5 cm³/mol. The van der Waals surface area contributed by atoms with Crippen LogP contribution in [0.15, 0.2) is 6.20 Å². The van der Waals surface area contributed by atoms with E-state index in [1.165, 1.54) is 17.9 Å². The van der Waals surface area contributed by atoms with Crippen LogP contribution in [0, 0.1) is 0 Å². The van der Waals surface area contributed by atoms with Gasteiger partial charge in [0.1, 0.15) is 11.3 Å². The number of carboxylic acids is 1. The number of nitrogens with zero attached hydrogens (tertiary/aromatic N) is 2. The summed E-state index contributed by atoms with van der Waals surface area (Å²) in [5.41, 5.74) is -0.0390. The van der Waals surface area contributed by atoms with Crippen LogP contribution in [0.1, 0.15) is 33.7 Å². The first-order valence-electron chi connectivity index (χ1n) is 5.74. The molecule has 1 aliphatic heterocycles. The van der Waals surface area contributed by atoms with Gasteiger partial charge in [-0.1, -0.05) is 0 Å². The molecule has 0 radical (unpaired) electrons. The third-order valence-corrected chi connectivity index (χ3v) is 2.90. The fourth-order valence-electron chi connectivity index (χ4n) is 1.96. The lowest BCUT2D eigenvalue weighted by Crippen LogP contribution is -2.33. The van der Waals surface area contributed by atoms with Crippen LogP contribution >= 0.6 is 0 Å². The van der Waals surface area contributed by atoms with E-state index in [2.05, 4.69) is 10.4 Å². The summed E-state index contributed by atoms with van der Waals surface area (Å²) in [5.74, 6) is -1.60. The Balaban J connectivity index is 2.03. The molecule has 0 unspecified atom stereocenters. The molecule has 0 aliphatic carbocycles. The van der Waals surface area contributed by atoms with Crippen molar-refractivity contribution in [1.82, 2.24) is 15.1 Å². The second kappa shape index (κ2) is 5.18. The van der Waals surface area contributed by atoms with E-state index >= 15 is 0 Å². The fraction of sp³-hybridized carbons (Fsp3) is 0.545. The first-order valence-corrected chi connectivity index (χ1v) is 5.74. The third kappa shape index (κ3) is 2.51. The molecular formula is C11H15N3O4. The number of amides is 1. The molecule has 0 saturated carbocycles. The van der Waals surface area contributed by atoms with E-state index in [0.717, 1.165) is 12.8 Å². The first-order chi connectivity index (χ1) is 8.59. The highest BCUT2D eigenvalue weighted by Gasteiger charge is 2.23. The van der Waals surface area contributed by atoms with E-state index in [0.29, 0.717) is 13.2 Å². The van der Waals surface area contributed by atoms with Crippen molar-refractivity contribution in [3.05, 3.63) is 17.5 Å². The molecular weight excluding hydrogens is 238 g/mol. The number of aromatic nitrogens is 2. The lowest BCUT2D eigenvalue weighted by Gasteiger charge is -2.11. The SMILES string of the molecule is Cn1ncc(C(=O)O)c1C(=O)NC[C@@H]1CCCO1. The summed E-state index contributed by atoms with van der Waals surface area (Å²) in [6, 6.07) is 0. The van der Waals surface area contributed by atoms with Gasteiger partial charge in [-0.05, 0) is 12.8 Å². The van der Waals surface area contributed by atoms with E-state index in [9.17, 15) is 9.59 Å². The van der Waals surface area contributed by atoms with Gasteiger partial charge in [0.15, 0.2) is 0 Å². The Morgan fingerprint density at radius 1 is 1.67 bits per heavy atom. The maximum absolute atomic E-state index is 11.9. The van der Waals surface area contributed by atoms with E-state index in [-0.39, 0.29) is 17.4 Å². The maximum atomic E-state index is 11.9. The van der Waals surface area contributed by atoms with Gasteiger partial charge in [0.25, 0.3) is 5.91 Å². The molecule has 0 spiro atoms. The summed E-state index contributed by atoms with van der Waals surface area (Å²) < 4.78 is 6.63. The molecule has 0 bridgehead atoms. The van der Waals surface area contributed by atoms with Gasteiger partial charge in [0, 0.05) is 20.2 Å². The van der Waals surface area contributed by atoms with E-state index < -0.39 is 11.9 Å². The van der Waals surface area contributed by atoms with Crippen molar-refractivity contribution in [1.29, 1.82) is 0 Å². The Morgan fingerprint density at radius 2 is 2.44 bits per heavy atom. The van der Waals surface area contributed by atoms with Crippen LogP contribution < -0.4 is 5.32 Å². The highest BCUT2D eigenvalue weighted by molar-refractivity contribution is 6.03. The minimum Gasteiger partial charge on any atom is -0.478 e. The van der Waals surface area contributed by atoms with Crippen LogP contribution in [0.3, 0.4) is 0 Å². The summed E-state index contributed by atoms with van der Waals surface area (Å²) in [4.78, 5) is 22.9. The lowest BCUT2D eigenvalue weighted by molar-refractivity contribution is 0.0688. The minimum atomic E-state index is -1.16. The number of hydrogen-bond acceptors (Lipinski definition) is 4. The predicted octanol–water partition coefficient (Wildman–Crippen LogP) is 0.0271. The van der Waals surface area contributed by atoms with Crippen molar-refractivity contribution in [3.63, 3.8) is 0 Å². The number of aromatic carboxylic acids is 1. The fourth-order valence-corrected chi connectivity index (χ4v) is 1.96. The number of nitrogens with one attached hydrogen (secondary N) is 1. The summed E-state index contributed by atoms with van der Waals surface area (Å²) in [7, 11) is 1.54. The Kier molecular flexibility index (Phi) is 3.61. The molecule has 1 fully saturated rings. The summed E-state index contributed by atoms with van der Waals surface area (Å²) in [6.07, 6.45) is 3.10. The van der Waals surface area contributed by atoms with E-state index in [4.69, 9.17) is 9.84 Å². The van der Waals surface area contributed by atoms with Gasteiger partial charge < -0.3 is 15.2 Å².